The van der Waals surface area contributed by atoms with E-state index >= 15 is 0 Å². The summed E-state index contributed by atoms with van der Waals surface area (Å²) in [4.78, 5) is 30.2. The summed E-state index contributed by atoms with van der Waals surface area (Å²) < 4.78 is 46.4. The van der Waals surface area contributed by atoms with Crippen LogP contribution in [0.5, 0.6) is 17.2 Å². The number of carbonyl (C=O) groups excluding carboxylic acids is 2. The van der Waals surface area contributed by atoms with Gasteiger partial charge in [-0.3, -0.25) is 13.9 Å². The molecule has 260 valence electrons. The van der Waals surface area contributed by atoms with Gasteiger partial charge in [0.1, 0.15) is 29.8 Å². The summed E-state index contributed by atoms with van der Waals surface area (Å²) in [5, 5.41) is 3.00. The highest BCUT2D eigenvalue weighted by molar-refractivity contribution is 7.92. The van der Waals surface area contributed by atoms with Crippen molar-refractivity contribution in [3.63, 3.8) is 0 Å². The molecule has 0 saturated carbocycles. The van der Waals surface area contributed by atoms with Crippen molar-refractivity contribution in [2.45, 2.75) is 50.6 Å². The van der Waals surface area contributed by atoms with Gasteiger partial charge in [-0.2, -0.15) is 0 Å². The second-order valence-corrected chi connectivity index (χ2v) is 13.4. The Bertz CT molecular complexity index is 1800. The van der Waals surface area contributed by atoms with E-state index in [0.29, 0.717) is 23.6 Å². The van der Waals surface area contributed by atoms with Crippen molar-refractivity contribution in [1.82, 2.24) is 10.2 Å². The summed E-state index contributed by atoms with van der Waals surface area (Å²) in [5.41, 5.74) is 2.55. The van der Waals surface area contributed by atoms with Crippen LogP contribution in [0.3, 0.4) is 0 Å². The van der Waals surface area contributed by atoms with Crippen molar-refractivity contribution in [2.75, 3.05) is 38.7 Å². The van der Waals surface area contributed by atoms with Gasteiger partial charge in [-0.1, -0.05) is 73.5 Å². The van der Waals surface area contributed by atoms with Crippen LogP contribution in [0, 0.1) is 6.92 Å². The van der Waals surface area contributed by atoms with Gasteiger partial charge in [0.15, 0.2) is 0 Å². The molecule has 0 aliphatic heterocycles. The molecule has 4 aromatic carbocycles. The summed E-state index contributed by atoms with van der Waals surface area (Å²) in [6.45, 7) is 3.72. The van der Waals surface area contributed by atoms with Crippen LogP contribution in [0.15, 0.2) is 102 Å². The molecule has 0 saturated heterocycles. The maximum atomic E-state index is 14.8. The van der Waals surface area contributed by atoms with E-state index in [1.54, 1.807) is 49.6 Å². The Morgan fingerprint density at radius 3 is 2.12 bits per heavy atom. The highest BCUT2D eigenvalue weighted by atomic mass is 32.2. The Morgan fingerprint density at radius 2 is 1.47 bits per heavy atom. The van der Waals surface area contributed by atoms with E-state index in [-0.39, 0.29) is 35.2 Å². The number of amides is 2. The highest BCUT2D eigenvalue weighted by Gasteiger charge is 2.35. The Morgan fingerprint density at radius 1 is 0.796 bits per heavy atom. The number of unbranched alkanes of at least 4 members (excludes halogenated alkanes) is 1. The molecule has 4 aromatic rings. The van der Waals surface area contributed by atoms with Crippen molar-refractivity contribution >= 4 is 27.5 Å². The third kappa shape index (κ3) is 9.54. The molecule has 0 radical (unpaired) electrons. The number of ether oxygens (including phenoxy) is 3. The van der Waals surface area contributed by atoms with Crippen LogP contribution in [0.25, 0.3) is 0 Å². The summed E-state index contributed by atoms with van der Waals surface area (Å²) in [5.74, 6) is 0.261. The molecule has 0 spiro atoms. The van der Waals surface area contributed by atoms with Crippen molar-refractivity contribution in [1.29, 1.82) is 0 Å². The lowest BCUT2D eigenvalue weighted by Gasteiger charge is -2.34. The molecule has 0 aromatic heterocycles. The minimum absolute atomic E-state index is 0.00624. The molecule has 2 amide bonds. The lowest BCUT2D eigenvalue weighted by Crippen LogP contribution is -2.53. The van der Waals surface area contributed by atoms with Crippen LogP contribution in [-0.2, 0) is 32.6 Å². The summed E-state index contributed by atoms with van der Waals surface area (Å²) in [7, 11) is 0.114. The monoisotopic (exact) mass is 687 g/mol. The van der Waals surface area contributed by atoms with Crippen LogP contribution in [0.4, 0.5) is 5.69 Å². The van der Waals surface area contributed by atoms with Gasteiger partial charge < -0.3 is 24.4 Å². The quantitative estimate of drug-likeness (QED) is 0.140. The topological polar surface area (TPSA) is 114 Å². The average molecular weight is 688 g/mol. The highest BCUT2D eigenvalue weighted by Crippen LogP contribution is 2.36. The number of carbonyl (C=O) groups is 2. The number of benzene rings is 4. The zero-order valence-corrected chi connectivity index (χ0v) is 29.5. The molecule has 0 aliphatic rings. The van der Waals surface area contributed by atoms with E-state index in [2.05, 4.69) is 5.32 Å². The smallest absolute Gasteiger partial charge is 0.264 e. The minimum Gasteiger partial charge on any atom is -0.497 e. The number of nitrogens with one attached hydrogen (secondary N) is 1. The molecule has 0 aliphatic carbocycles. The molecule has 0 bridgehead atoms. The van der Waals surface area contributed by atoms with Gasteiger partial charge in [0, 0.05) is 25.6 Å². The van der Waals surface area contributed by atoms with Crippen molar-refractivity contribution in [3.8, 4) is 17.2 Å². The molecule has 4 rings (SSSR count). The molecule has 49 heavy (non-hydrogen) atoms. The van der Waals surface area contributed by atoms with E-state index in [1.165, 1.54) is 37.3 Å². The normalized spacial score (nSPS) is 11.7. The SMILES string of the molecule is CCCCNC(=O)[C@H](Cc1ccccc1)N(Cc1cccc(OC)c1)C(=O)CN(c1cc(OC)ccc1OC)S(=O)(=O)c1ccc(C)cc1. The molecule has 0 fully saturated rings. The van der Waals surface area contributed by atoms with Crippen LogP contribution in [-0.4, -0.2) is 65.6 Å². The first-order valence-corrected chi connectivity index (χ1v) is 17.6. The number of hydrogen-bond donors (Lipinski definition) is 1. The molecular formula is C38H45N3O7S. The fourth-order valence-electron chi connectivity index (χ4n) is 5.37. The number of anilines is 1. The lowest BCUT2D eigenvalue weighted by molar-refractivity contribution is -0.140. The van der Waals surface area contributed by atoms with Crippen LogP contribution in [0.2, 0.25) is 0 Å². The van der Waals surface area contributed by atoms with E-state index in [9.17, 15) is 18.0 Å². The average Bonchev–Trinajstić information content (AvgIpc) is 3.12. The van der Waals surface area contributed by atoms with Gasteiger partial charge >= 0.3 is 0 Å². The van der Waals surface area contributed by atoms with Crippen molar-refractivity contribution in [3.05, 3.63) is 114 Å². The van der Waals surface area contributed by atoms with Crippen molar-refractivity contribution < 1.29 is 32.2 Å². The van der Waals surface area contributed by atoms with Crippen molar-refractivity contribution in [2.24, 2.45) is 0 Å². The van der Waals surface area contributed by atoms with E-state index in [0.717, 1.165) is 28.3 Å². The fourth-order valence-corrected chi connectivity index (χ4v) is 6.79. The fraction of sp³-hybridized carbons (Fsp3) is 0.316. The molecule has 1 atom stereocenters. The number of aryl methyl sites for hydroxylation is 1. The third-order valence-corrected chi connectivity index (χ3v) is 9.90. The standard InChI is InChI=1S/C38H45N3O7S/c1-6-7-22-39-38(43)35(24-29-12-9-8-10-13-29)40(26-30-14-11-15-31(23-30)46-3)37(42)27-41(34-25-32(47-4)18-21-36(34)48-5)49(44,45)33-19-16-28(2)17-20-33/h8-21,23,25,35H,6-7,22,24,26-27H2,1-5H3,(H,39,43)/t35-/m0/s1. The number of nitrogens with zero attached hydrogens (tertiary/aromatic N) is 2. The molecule has 0 unspecified atom stereocenters. The maximum Gasteiger partial charge on any atom is 0.264 e. The second kappa shape index (κ2) is 17.4. The second-order valence-electron chi connectivity index (χ2n) is 11.6. The van der Waals surface area contributed by atoms with Gasteiger partial charge in [-0.15, -0.1) is 0 Å². The minimum atomic E-state index is -4.33. The Kier molecular flexibility index (Phi) is 13.1. The van der Waals surface area contributed by atoms with Gasteiger partial charge in [-0.25, -0.2) is 8.42 Å². The van der Waals surface area contributed by atoms with Crippen LogP contribution < -0.4 is 23.8 Å². The van der Waals surface area contributed by atoms with E-state index in [1.807, 2.05) is 50.2 Å². The Balaban J connectivity index is 1.86. The zero-order chi connectivity index (χ0) is 35.4. The summed E-state index contributed by atoms with van der Waals surface area (Å²) in [6, 6.07) is 26.8. The molecule has 10 nitrogen and oxygen atoms in total. The number of rotatable bonds is 17. The lowest BCUT2D eigenvalue weighted by atomic mass is 10.0. The van der Waals surface area contributed by atoms with Gasteiger partial charge in [0.05, 0.1) is 31.9 Å². The molecule has 1 N–H and O–H groups in total. The van der Waals surface area contributed by atoms with Gasteiger partial charge in [0.25, 0.3) is 10.0 Å². The van der Waals surface area contributed by atoms with Crippen LogP contribution >= 0.6 is 0 Å². The number of methoxy groups -OCH3 is 3. The van der Waals surface area contributed by atoms with E-state index < -0.39 is 28.5 Å². The summed E-state index contributed by atoms with van der Waals surface area (Å²) >= 11 is 0. The van der Waals surface area contributed by atoms with Gasteiger partial charge in [-0.05, 0) is 60.9 Å². The molecule has 0 heterocycles. The predicted molar refractivity (Wildman–Crippen MR) is 191 cm³/mol. The molecule has 11 heteroatoms. The van der Waals surface area contributed by atoms with Gasteiger partial charge in [0.2, 0.25) is 11.8 Å². The first kappa shape index (κ1) is 36.8. The third-order valence-electron chi connectivity index (χ3n) is 8.13. The summed E-state index contributed by atoms with van der Waals surface area (Å²) in [6.07, 6.45) is 1.86. The number of hydrogen-bond acceptors (Lipinski definition) is 7. The first-order chi connectivity index (χ1) is 23.6. The first-order valence-electron chi connectivity index (χ1n) is 16.2. The largest absolute Gasteiger partial charge is 0.497 e. The predicted octanol–water partition coefficient (Wildman–Crippen LogP) is 5.77. The Hall–Kier alpha value is -5.03. The number of sulfonamides is 1. The van der Waals surface area contributed by atoms with Crippen LogP contribution in [0.1, 0.15) is 36.5 Å². The van der Waals surface area contributed by atoms with E-state index in [4.69, 9.17) is 14.2 Å². The molecular weight excluding hydrogens is 642 g/mol. The Labute approximate surface area is 289 Å². The maximum absolute atomic E-state index is 14.8. The zero-order valence-electron chi connectivity index (χ0n) is 28.7.